The first-order valence-electron chi connectivity index (χ1n) is 5.88. The van der Waals surface area contributed by atoms with Gasteiger partial charge in [0.2, 0.25) is 5.43 Å². The average Bonchev–Trinajstić information content (AvgIpc) is 2.45. The van der Waals surface area contributed by atoms with Crippen LogP contribution >= 0.6 is 0 Å². The Morgan fingerprint density at radius 1 is 1.29 bits per heavy atom. The molecule has 7 nitrogen and oxygen atoms in total. The Kier molecular flexibility index (Phi) is 2.76. The lowest BCUT2D eigenvalue weighted by molar-refractivity contribution is 0.0696. The minimum Gasteiger partial charge on any atom is -0.504 e. The van der Waals surface area contributed by atoms with Gasteiger partial charge in [-0.3, -0.25) is 4.79 Å². The van der Waals surface area contributed by atoms with Crippen molar-refractivity contribution in [1.82, 2.24) is 4.98 Å². The number of aromatic nitrogens is 1. The normalized spacial score (nSPS) is 10.9. The van der Waals surface area contributed by atoms with Gasteiger partial charge in [0, 0.05) is 12.1 Å². The molecule has 0 spiro atoms. The summed E-state index contributed by atoms with van der Waals surface area (Å²) in [6.45, 7) is 0. The highest BCUT2D eigenvalue weighted by molar-refractivity contribution is 5.94. The first kappa shape index (κ1) is 12.9. The van der Waals surface area contributed by atoms with Crippen molar-refractivity contribution in [1.29, 1.82) is 0 Å². The second kappa shape index (κ2) is 4.48. The maximum absolute atomic E-state index is 11.4. The van der Waals surface area contributed by atoms with Crippen LogP contribution in [-0.2, 0) is 0 Å². The summed E-state index contributed by atoms with van der Waals surface area (Å²) in [5.74, 6) is -1.22. The lowest BCUT2D eigenvalue weighted by atomic mass is 10.1. The first-order chi connectivity index (χ1) is 9.99. The molecule has 2 N–H and O–H groups in total. The van der Waals surface area contributed by atoms with E-state index in [4.69, 9.17) is 14.3 Å². The summed E-state index contributed by atoms with van der Waals surface area (Å²) in [5.41, 5.74) is 0.112. The second-order valence-corrected chi connectivity index (χ2v) is 4.33. The van der Waals surface area contributed by atoms with Gasteiger partial charge in [-0.15, -0.1) is 0 Å². The first-order valence-corrected chi connectivity index (χ1v) is 5.88. The Hall–Kier alpha value is -3.09. The molecule has 0 unspecified atom stereocenters. The van der Waals surface area contributed by atoms with Crippen LogP contribution in [0.3, 0.4) is 0 Å². The van der Waals surface area contributed by atoms with Gasteiger partial charge in [0.1, 0.15) is 11.2 Å². The molecule has 0 atom stereocenters. The maximum Gasteiger partial charge on any atom is 0.335 e. The van der Waals surface area contributed by atoms with Crippen molar-refractivity contribution in [2.24, 2.45) is 0 Å². The molecule has 0 saturated carbocycles. The summed E-state index contributed by atoms with van der Waals surface area (Å²) < 4.78 is 10.6. The third kappa shape index (κ3) is 2.04. The van der Waals surface area contributed by atoms with Crippen molar-refractivity contribution < 1.29 is 24.2 Å². The van der Waals surface area contributed by atoms with Crippen molar-refractivity contribution in [2.75, 3.05) is 7.11 Å². The molecule has 1 aromatic rings. The molecule has 1 aliphatic heterocycles. The highest BCUT2D eigenvalue weighted by Crippen LogP contribution is 2.32. The molecule has 3 rings (SSSR count). The molecule has 7 heteroatoms. The lowest BCUT2D eigenvalue weighted by Gasteiger charge is -2.10. The number of hydrogen-bond donors (Lipinski definition) is 2. The summed E-state index contributed by atoms with van der Waals surface area (Å²) in [6, 6.07) is 4.91. The highest BCUT2D eigenvalue weighted by Gasteiger charge is 2.17. The Bertz CT molecular complexity index is 898. The van der Waals surface area contributed by atoms with Crippen LogP contribution in [0.15, 0.2) is 33.5 Å². The number of carboxylic acid groups (broad SMARTS) is 1. The Morgan fingerprint density at radius 3 is 2.71 bits per heavy atom. The summed E-state index contributed by atoms with van der Waals surface area (Å²) in [7, 11) is 1.37. The topological polar surface area (TPSA) is 110 Å². The SMILES string of the molecule is COc1cc(C(=O)O)cc2nc3cc(O)c(=O)cc-3oc12. The number of nitrogens with zero attached hydrogens (tertiary/aromatic N) is 1. The molecule has 0 radical (unpaired) electrons. The van der Waals surface area contributed by atoms with E-state index >= 15 is 0 Å². The number of hydrogen-bond acceptors (Lipinski definition) is 6. The molecule has 0 fully saturated rings. The van der Waals surface area contributed by atoms with Gasteiger partial charge in [0.25, 0.3) is 0 Å². The third-order valence-corrected chi connectivity index (χ3v) is 3.00. The monoisotopic (exact) mass is 287 g/mol. The molecule has 0 saturated heterocycles. The molecule has 1 aliphatic carbocycles. The summed E-state index contributed by atoms with van der Waals surface area (Å²) in [6.07, 6.45) is 0. The van der Waals surface area contributed by atoms with Gasteiger partial charge < -0.3 is 19.4 Å². The fraction of sp³-hybridized carbons (Fsp3) is 0.0714. The van der Waals surface area contributed by atoms with Crippen LogP contribution in [0.5, 0.6) is 11.5 Å². The van der Waals surface area contributed by atoms with E-state index in [9.17, 15) is 14.7 Å². The van der Waals surface area contributed by atoms with Gasteiger partial charge >= 0.3 is 5.97 Å². The second-order valence-electron chi connectivity index (χ2n) is 4.33. The van der Waals surface area contributed by atoms with Gasteiger partial charge in [-0.1, -0.05) is 0 Å². The molecule has 1 aromatic carbocycles. The van der Waals surface area contributed by atoms with Crippen LogP contribution < -0.4 is 10.2 Å². The maximum atomic E-state index is 11.4. The van der Waals surface area contributed by atoms with E-state index in [0.717, 1.165) is 6.07 Å². The standard InChI is InChI=1S/C14H9NO6/c1-20-12-3-6(14(18)19)2-8-13(12)21-11-5-10(17)9(16)4-7(11)15-8/h2-5,16H,1H3,(H,18,19). The minimum atomic E-state index is -1.13. The molecule has 0 bridgehead atoms. The Balaban J connectivity index is 2.43. The average molecular weight is 287 g/mol. The van der Waals surface area contributed by atoms with Crippen molar-refractivity contribution in [3.05, 3.63) is 40.1 Å². The molecule has 1 heterocycles. The number of aromatic hydroxyl groups is 1. The molecule has 0 aromatic heterocycles. The summed E-state index contributed by atoms with van der Waals surface area (Å²) in [5, 5.41) is 18.5. The number of carbonyl (C=O) groups is 1. The summed E-state index contributed by atoms with van der Waals surface area (Å²) in [4.78, 5) is 26.7. The van der Waals surface area contributed by atoms with E-state index in [1.165, 1.54) is 25.3 Å². The number of aromatic carboxylic acids is 1. The van der Waals surface area contributed by atoms with Crippen LogP contribution in [-0.4, -0.2) is 28.3 Å². The quantitative estimate of drug-likeness (QED) is 0.690. The number of ether oxygens (including phenoxy) is 1. The van der Waals surface area contributed by atoms with Crippen molar-refractivity contribution in [3.63, 3.8) is 0 Å². The summed E-state index contributed by atoms with van der Waals surface area (Å²) >= 11 is 0. The number of carboxylic acids is 1. The van der Waals surface area contributed by atoms with Crippen LogP contribution in [0.1, 0.15) is 10.4 Å². The number of fused-ring (bicyclic) bond motifs is 2. The van der Waals surface area contributed by atoms with E-state index in [-0.39, 0.29) is 33.9 Å². The fourth-order valence-corrected chi connectivity index (χ4v) is 2.00. The van der Waals surface area contributed by atoms with Gasteiger partial charge in [-0.05, 0) is 12.1 Å². The fourth-order valence-electron chi connectivity index (χ4n) is 2.00. The van der Waals surface area contributed by atoms with E-state index in [1.807, 2.05) is 0 Å². The Morgan fingerprint density at radius 2 is 2.05 bits per heavy atom. The zero-order valence-electron chi connectivity index (χ0n) is 10.8. The number of rotatable bonds is 2. The van der Waals surface area contributed by atoms with Crippen LogP contribution in [0.4, 0.5) is 0 Å². The van der Waals surface area contributed by atoms with Crippen LogP contribution in [0.2, 0.25) is 0 Å². The lowest BCUT2D eigenvalue weighted by Crippen LogP contribution is -2.03. The van der Waals surface area contributed by atoms with Crippen molar-refractivity contribution in [3.8, 4) is 23.0 Å². The van der Waals surface area contributed by atoms with Gasteiger partial charge in [0.15, 0.2) is 22.8 Å². The molecular formula is C14H9NO6. The molecule has 106 valence electrons. The van der Waals surface area contributed by atoms with Gasteiger partial charge in [0.05, 0.1) is 12.7 Å². The third-order valence-electron chi connectivity index (χ3n) is 3.00. The smallest absolute Gasteiger partial charge is 0.335 e. The molecular weight excluding hydrogens is 278 g/mol. The number of phenols is 1. The molecule has 0 amide bonds. The predicted octanol–water partition coefficient (Wildman–Crippen LogP) is 1.71. The van der Waals surface area contributed by atoms with Gasteiger partial charge in [-0.2, -0.15) is 0 Å². The van der Waals surface area contributed by atoms with Crippen LogP contribution in [0.25, 0.3) is 22.6 Å². The minimum absolute atomic E-state index is 0.00827. The number of phenolic OH excluding ortho intramolecular Hbond substituents is 1. The van der Waals surface area contributed by atoms with Gasteiger partial charge in [-0.25, -0.2) is 9.78 Å². The zero-order valence-corrected chi connectivity index (χ0v) is 10.8. The van der Waals surface area contributed by atoms with E-state index in [0.29, 0.717) is 0 Å². The Labute approximate surface area is 117 Å². The van der Waals surface area contributed by atoms with Crippen molar-refractivity contribution in [2.45, 2.75) is 0 Å². The number of benzene rings is 2. The van der Waals surface area contributed by atoms with Crippen LogP contribution in [0, 0.1) is 0 Å². The van der Waals surface area contributed by atoms with E-state index < -0.39 is 17.1 Å². The van der Waals surface area contributed by atoms with Crippen molar-refractivity contribution >= 4 is 17.1 Å². The predicted molar refractivity (Wildman–Crippen MR) is 72.1 cm³/mol. The molecule has 21 heavy (non-hydrogen) atoms. The van der Waals surface area contributed by atoms with E-state index in [1.54, 1.807) is 0 Å². The largest absolute Gasteiger partial charge is 0.504 e. The van der Waals surface area contributed by atoms with E-state index in [2.05, 4.69) is 4.98 Å². The molecule has 2 aliphatic rings. The highest BCUT2D eigenvalue weighted by atomic mass is 16.5. The number of methoxy groups -OCH3 is 1. The zero-order chi connectivity index (χ0) is 15.1.